The highest BCUT2D eigenvalue weighted by Crippen LogP contribution is 2.29. The molecule has 0 aromatic carbocycles. The van der Waals surface area contributed by atoms with Crippen molar-refractivity contribution in [3.8, 4) is 0 Å². The zero-order valence-electron chi connectivity index (χ0n) is 11.5. The first-order valence-corrected chi connectivity index (χ1v) is 7.95. The van der Waals surface area contributed by atoms with Gasteiger partial charge in [0.1, 0.15) is 5.82 Å². The van der Waals surface area contributed by atoms with Crippen molar-refractivity contribution in [1.82, 2.24) is 9.78 Å². The highest BCUT2D eigenvalue weighted by molar-refractivity contribution is 9.10. The van der Waals surface area contributed by atoms with Crippen LogP contribution < -0.4 is 10.6 Å². The van der Waals surface area contributed by atoms with Crippen LogP contribution in [0.1, 0.15) is 23.9 Å². The van der Waals surface area contributed by atoms with E-state index in [4.69, 9.17) is 5.73 Å². The lowest BCUT2D eigenvalue weighted by molar-refractivity contribution is 0.714. The van der Waals surface area contributed by atoms with Crippen molar-refractivity contribution in [1.29, 1.82) is 0 Å². The summed E-state index contributed by atoms with van der Waals surface area (Å²) in [6.07, 6.45) is 1.99. The third-order valence-corrected chi connectivity index (χ3v) is 4.67. The minimum absolute atomic E-state index is 0.808. The maximum absolute atomic E-state index is 6.22. The minimum Gasteiger partial charge on any atom is -0.394 e. The van der Waals surface area contributed by atoms with Crippen LogP contribution in [0.2, 0.25) is 0 Å². The normalized spacial score (nSPS) is 10.9. The minimum atomic E-state index is 0.808. The van der Waals surface area contributed by atoms with Crippen LogP contribution in [0.25, 0.3) is 0 Å². The molecule has 0 fully saturated rings. The van der Waals surface area contributed by atoms with E-state index >= 15 is 0 Å². The van der Waals surface area contributed by atoms with E-state index in [-0.39, 0.29) is 0 Å². The first-order chi connectivity index (χ1) is 9.02. The summed E-state index contributed by atoms with van der Waals surface area (Å²) < 4.78 is 3.01. The third kappa shape index (κ3) is 3.12. The van der Waals surface area contributed by atoms with Gasteiger partial charge in [-0.25, -0.2) is 0 Å². The van der Waals surface area contributed by atoms with Crippen LogP contribution in [0, 0.1) is 0 Å². The lowest BCUT2D eigenvalue weighted by Gasteiger charge is -2.19. The molecule has 0 atom stereocenters. The summed E-state index contributed by atoms with van der Waals surface area (Å²) in [6.45, 7) is 2.98. The van der Waals surface area contributed by atoms with Crippen molar-refractivity contribution < 1.29 is 0 Å². The van der Waals surface area contributed by atoms with Gasteiger partial charge in [-0.1, -0.05) is 13.3 Å². The average molecular weight is 343 g/mol. The maximum atomic E-state index is 6.22. The van der Waals surface area contributed by atoms with Gasteiger partial charge in [-0.2, -0.15) is 5.10 Å². The quantitative estimate of drug-likeness (QED) is 0.905. The molecule has 19 heavy (non-hydrogen) atoms. The van der Waals surface area contributed by atoms with Crippen molar-refractivity contribution in [2.75, 3.05) is 17.7 Å². The van der Waals surface area contributed by atoms with Crippen LogP contribution >= 0.6 is 27.3 Å². The Bertz CT molecular complexity index is 561. The number of hydrogen-bond donors (Lipinski definition) is 1. The van der Waals surface area contributed by atoms with Gasteiger partial charge in [0.2, 0.25) is 0 Å². The second kappa shape index (κ2) is 5.96. The number of rotatable bonds is 5. The van der Waals surface area contributed by atoms with Crippen molar-refractivity contribution in [2.45, 2.75) is 26.3 Å². The number of nitrogens with zero attached hydrogens (tertiary/aromatic N) is 3. The molecule has 2 N–H and O–H groups in total. The molecule has 0 saturated carbocycles. The third-order valence-electron chi connectivity index (χ3n) is 2.99. The van der Waals surface area contributed by atoms with E-state index in [0.717, 1.165) is 41.1 Å². The Kier molecular flexibility index (Phi) is 4.52. The van der Waals surface area contributed by atoms with Crippen LogP contribution in [-0.2, 0) is 20.0 Å². The van der Waals surface area contributed by atoms with Gasteiger partial charge in [-0.15, -0.1) is 11.3 Å². The van der Waals surface area contributed by atoms with Crippen LogP contribution in [0.5, 0.6) is 0 Å². The van der Waals surface area contributed by atoms with Crippen LogP contribution in [-0.4, -0.2) is 16.8 Å². The van der Waals surface area contributed by atoms with Crippen molar-refractivity contribution in [3.63, 3.8) is 0 Å². The molecule has 2 aromatic heterocycles. The fourth-order valence-corrected chi connectivity index (χ4v) is 3.71. The van der Waals surface area contributed by atoms with Crippen LogP contribution in [0.4, 0.5) is 11.5 Å². The molecule has 0 unspecified atom stereocenters. The SMILES string of the molecule is CCCc1nn(C)c(N(C)Cc2cc(Br)cs2)c1N. The van der Waals surface area contributed by atoms with Crippen molar-refractivity contribution in [3.05, 3.63) is 26.5 Å². The number of aromatic nitrogens is 2. The Morgan fingerprint density at radius 2 is 2.26 bits per heavy atom. The molecule has 0 amide bonds. The standard InChI is InChI=1S/C13H19BrN4S/c1-4-5-11-12(15)13(18(3)16-11)17(2)7-10-6-9(14)8-19-10/h6,8H,4-5,7,15H2,1-3H3. The summed E-state index contributed by atoms with van der Waals surface area (Å²) in [5, 5.41) is 6.61. The van der Waals surface area contributed by atoms with Crippen LogP contribution in [0.3, 0.4) is 0 Å². The average Bonchev–Trinajstić information content (AvgIpc) is 2.85. The predicted molar refractivity (Wildman–Crippen MR) is 85.7 cm³/mol. The first-order valence-electron chi connectivity index (χ1n) is 6.28. The van der Waals surface area contributed by atoms with E-state index in [1.54, 1.807) is 11.3 Å². The highest BCUT2D eigenvalue weighted by Gasteiger charge is 2.16. The maximum Gasteiger partial charge on any atom is 0.150 e. The zero-order valence-corrected chi connectivity index (χ0v) is 13.9. The molecule has 104 valence electrons. The van der Waals surface area contributed by atoms with Gasteiger partial charge in [0, 0.05) is 28.8 Å². The molecule has 0 radical (unpaired) electrons. The number of anilines is 2. The number of halogens is 1. The Labute approximate surface area is 126 Å². The van der Waals surface area contributed by atoms with E-state index in [0.29, 0.717) is 0 Å². The second-order valence-electron chi connectivity index (χ2n) is 4.64. The fourth-order valence-electron chi connectivity index (χ4n) is 2.21. The van der Waals surface area contributed by atoms with Gasteiger partial charge >= 0.3 is 0 Å². The molecule has 2 aromatic rings. The molecule has 4 nitrogen and oxygen atoms in total. The molecule has 0 aliphatic rings. The predicted octanol–water partition coefficient (Wildman–Crippen LogP) is 3.42. The summed E-state index contributed by atoms with van der Waals surface area (Å²) in [5.74, 6) is 0.993. The van der Waals surface area contributed by atoms with Gasteiger partial charge < -0.3 is 10.6 Å². The molecular formula is C13H19BrN4S. The monoisotopic (exact) mass is 342 g/mol. The Morgan fingerprint density at radius 3 is 2.84 bits per heavy atom. The Hall–Kier alpha value is -1.01. The number of nitrogens with two attached hydrogens (primary N) is 1. The van der Waals surface area contributed by atoms with E-state index in [1.165, 1.54) is 4.88 Å². The Balaban J connectivity index is 2.21. The molecular weight excluding hydrogens is 324 g/mol. The number of hydrogen-bond acceptors (Lipinski definition) is 4. The Morgan fingerprint density at radius 1 is 1.53 bits per heavy atom. The highest BCUT2D eigenvalue weighted by atomic mass is 79.9. The number of nitrogen functional groups attached to an aromatic ring is 1. The van der Waals surface area contributed by atoms with E-state index in [1.807, 2.05) is 11.7 Å². The number of thiophene rings is 1. The van der Waals surface area contributed by atoms with Gasteiger partial charge in [-0.05, 0) is 28.4 Å². The summed E-state index contributed by atoms with van der Waals surface area (Å²) in [6, 6.07) is 2.14. The topological polar surface area (TPSA) is 47.1 Å². The van der Waals surface area contributed by atoms with Crippen LogP contribution in [0.15, 0.2) is 15.9 Å². The first kappa shape index (κ1) is 14.4. The van der Waals surface area contributed by atoms with E-state index < -0.39 is 0 Å². The zero-order chi connectivity index (χ0) is 14.0. The lowest BCUT2D eigenvalue weighted by Crippen LogP contribution is -2.19. The molecule has 0 aliphatic heterocycles. The lowest BCUT2D eigenvalue weighted by atomic mass is 10.2. The fraction of sp³-hybridized carbons (Fsp3) is 0.462. The summed E-state index contributed by atoms with van der Waals surface area (Å²) in [5.41, 5.74) is 8.03. The van der Waals surface area contributed by atoms with E-state index in [2.05, 4.69) is 51.3 Å². The van der Waals surface area contributed by atoms with Gasteiger partial charge in [0.25, 0.3) is 0 Å². The van der Waals surface area contributed by atoms with Crippen molar-refractivity contribution >= 4 is 38.8 Å². The van der Waals surface area contributed by atoms with Gasteiger partial charge in [0.15, 0.2) is 0 Å². The smallest absolute Gasteiger partial charge is 0.150 e. The summed E-state index contributed by atoms with van der Waals surface area (Å²) in [4.78, 5) is 3.45. The van der Waals surface area contributed by atoms with E-state index in [9.17, 15) is 0 Å². The van der Waals surface area contributed by atoms with Gasteiger partial charge in [0.05, 0.1) is 17.9 Å². The molecule has 0 spiro atoms. The largest absolute Gasteiger partial charge is 0.394 e. The summed E-state index contributed by atoms with van der Waals surface area (Å²) in [7, 11) is 4.00. The van der Waals surface area contributed by atoms with Gasteiger partial charge in [-0.3, -0.25) is 4.68 Å². The molecule has 0 aliphatic carbocycles. The number of aryl methyl sites for hydroxylation is 2. The molecule has 0 saturated heterocycles. The molecule has 6 heteroatoms. The molecule has 0 bridgehead atoms. The second-order valence-corrected chi connectivity index (χ2v) is 6.56. The molecule has 2 heterocycles. The summed E-state index contributed by atoms with van der Waals surface area (Å²) >= 11 is 5.22. The van der Waals surface area contributed by atoms with Crippen molar-refractivity contribution in [2.24, 2.45) is 7.05 Å². The molecule has 2 rings (SSSR count).